The summed E-state index contributed by atoms with van der Waals surface area (Å²) in [7, 11) is 3.97. The fourth-order valence-corrected chi connectivity index (χ4v) is 2.54. The van der Waals surface area contributed by atoms with Gasteiger partial charge in [0.1, 0.15) is 0 Å². The van der Waals surface area contributed by atoms with Gasteiger partial charge in [-0.15, -0.1) is 0 Å². The number of carbonyl (C=O) groups is 2. The summed E-state index contributed by atoms with van der Waals surface area (Å²) < 4.78 is 0. The average molecular weight is 289 g/mol. The summed E-state index contributed by atoms with van der Waals surface area (Å²) in [5.41, 5.74) is 2.01. The van der Waals surface area contributed by atoms with Crippen molar-refractivity contribution in [3.8, 4) is 0 Å². The van der Waals surface area contributed by atoms with E-state index in [0.29, 0.717) is 13.1 Å². The van der Waals surface area contributed by atoms with Gasteiger partial charge in [-0.05, 0) is 51.5 Å². The first-order valence-corrected chi connectivity index (χ1v) is 7.42. The van der Waals surface area contributed by atoms with Crippen molar-refractivity contribution >= 4 is 17.5 Å². The molecule has 0 radical (unpaired) electrons. The Morgan fingerprint density at radius 2 is 2.05 bits per heavy atom. The number of carbonyl (C=O) groups excluding carboxylic acids is 2. The van der Waals surface area contributed by atoms with Crippen LogP contribution >= 0.6 is 0 Å². The SMILES string of the molecule is CN(C)CCCNC(=O)C(=O)N1CCCc2ccccc21. The topological polar surface area (TPSA) is 52.7 Å². The fraction of sp³-hybridized carbons (Fsp3) is 0.500. The molecule has 0 unspecified atom stereocenters. The van der Waals surface area contributed by atoms with Gasteiger partial charge in [-0.1, -0.05) is 18.2 Å². The minimum atomic E-state index is -0.509. The van der Waals surface area contributed by atoms with E-state index in [1.807, 2.05) is 38.4 Å². The van der Waals surface area contributed by atoms with Crippen LogP contribution in [0.4, 0.5) is 5.69 Å². The molecular formula is C16H23N3O2. The van der Waals surface area contributed by atoms with Gasteiger partial charge in [0.25, 0.3) is 0 Å². The second kappa shape index (κ2) is 7.22. The number of para-hydroxylation sites is 1. The number of aryl methyl sites for hydroxylation is 1. The molecule has 1 aromatic rings. The van der Waals surface area contributed by atoms with Gasteiger partial charge in [-0.3, -0.25) is 9.59 Å². The Morgan fingerprint density at radius 3 is 2.81 bits per heavy atom. The Bertz CT molecular complexity index is 514. The minimum absolute atomic E-state index is 0.452. The van der Waals surface area contributed by atoms with Gasteiger partial charge in [0.05, 0.1) is 0 Å². The molecule has 1 heterocycles. The number of nitrogens with one attached hydrogen (secondary N) is 1. The van der Waals surface area contributed by atoms with E-state index in [2.05, 4.69) is 10.2 Å². The van der Waals surface area contributed by atoms with Gasteiger partial charge in [0.2, 0.25) is 0 Å². The Labute approximate surface area is 125 Å². The molecule has 5 nitrogen and oxygen atoms in total. The van der Waals surface area contributed by atoms with Crippen molar-refractivity contribution in [3.63, 3.8) is 0 Å². The first-order chi connectivity index (χ1) is 10.1. The third-order valence-electron chi connectivity index (χ3n) is 3.62. The lowest BCUT2D eigenvalue weighted by atomic mass is 10.0. The molecule has 114 valence electrons. The monoisotopic (exact) mass is 289 g/mol. The Kier molecular flexibility index (Phi) is 5.33. The molecule has 0 spiro atoms. The van der Waals surface area contributed by atoms with Gasteiger partial charge in [-0.2, -0.15) is 0 Å². The molecule has 2 amide bonds. The number of hydrogen-bond donors (Lipinski definition) is 1. The summed E-state index contributed by atoms with van der Waals surface area (Å²) in [6.45, 7) is 2.03. The predicted molar refractivity (Wildman–Crippen MR) is 83.3 cm³/mol. The first kappa shape index (κ1) is 15.5. The standard InChI is InChI=1S/C16H23N3O2/c1-18(2)11-6-10-17-15(20)16(21)19-12-5-8-13-7-3-4-9-14(13)19/h3-4,7,9H,5-6,8,10-12H2,1-2H3,(H,17,20). The molecule has 0 fully saturated rings. The lowest BCUT2D eigenvalue weighted by Gasteiger charge is -2.28. The number of amides is 2. The molecule has 1 aliphatic heterocycles. The maximum atomic E-state index is 12.3. The molecule has 0 saturated heterocycles. The van der Waals surface area contributed by atoms with Crippen molar-refractivity contribution in [2.75, 3.05) is 38.6 Å². The van der Waals surface area contributed by atoms with Gasteiger partial charge in [-0.25, -0.2) is 0 Å². The van der Waals surface area contributed by atoms with E-state index in [1.165, 1.54) is 0 Å². The van der Waals surface area contributed by atoms with E-state index >= 15 is 0 Å². The minimum Gasteiger partial charge on any atom is -0.348 e. The zero-order chi connectivity index (χ0) is 15.2. The lowest BCUT2D eigenvalue weighted by molar-refractivity contribution is -0.137. The fourth-order valence-electron chi connectivity index (χ4n) is 2.54. The third-order valence-corrected chi connectivity index (χ3v) is 3.62. The van der Waals surface area contributed by atoms with Crippen LogP contribution in [-0.4, -0.2) is 50.4 Å². The van der Waals surface area contributed by atoms with Crippen LogP contribution in [0.2, 0.25) is 0 Å². The third kappa shape index (κ3) is 4.04. The van der Waals surface area contributed by atoms with Gasteiger partial charge < -0.3 is 15.1 Å². The zero-order valence-electron chi connectivity index (χ0n) is 12.8. The summed E-state index contributed by atoms with van der Waals surface area (Å²) in [6.07, 6.45) is 2.70. The van der Waals surface area contributed by atoms with Crippen LogP contribution < -0.4 is 10.2 Å². The maximum Gasteiger partial charge on any atom is 0.316 e. The van der Waals surface area contributed by atoms with Crippen molar-refractivity contribution in [2.24, 2.45) is 0 Å². The molecule has 0 atom stereocenters. The molecule has 1 aromatic carbocycles. The van der Waals surface area contributed by atoms with Gasteiger partial charge in [0, 0.05) is 18.8 Å². The van der Waals surface area contributed by atoms with Crippen molar-refractivity contribution < 1.29 is 9.59 Å². The van der Waals surface area contributed by atoms with E-state index in [0.717, 1.165) is 37.1 Å². The number of anilines is 1. The van der Waals surface area contributed by atoms with E-state index in [-0.39, 0.29) is 0 Å². The quantitative estimate of drug-likeness (QED) is 0.665. The van der Waals surface area contributed by atoms with Crippen molar-refractivity contribution in [3.05, 3.63) is 29.8 Å². The normalized spacial score (nSPS) is 14.0. The number of fused-ring (bicyclic) bond motifs is 1. The lowest BCUT2D eigenvalue weighted by Crippen LogP contribution is -2.45. The second-order valence-corrected chi connectivity index (χ2v) is 5.60. The highest BCUT2D eigenvalue weighted by atomic mass is 16.2. The van der Waals surface area contributed by atoms with Crippen molar-refractivity contribution in [1.82, 2.24) is 10.2 Å². The molecule has 0 saturated carbocycles. The molecule has 1 N–H and O–H groups in total. The average Bonchev–Trinajstić information content (AvgIpc) is 2.50. The molecule has 2 rings (SSSR count). The van der Waals surface area contributed by atoms with Crippen LogP contribution in [0.3, 0.4) is 0 Å². The molecule has 21 heavy (non-hydrogen) atoms. The summed E-state index contributed by atoms with van der Waals surface area (Å²) in [5, 5.41) is 2.71. The van der Waals surface area contributed by atoms with Crippen molar-refractivity contribution in [2.45, 2.75) is 19.3 Å². The van der Waals surface area contributed by atoms with Crippen LogP contribution in [-0.2, 0) is 16.0 Å². The van der Waals surface area contributed by atoms with E-state index in [4.69, 9.17) is 0 Å². The van der Waals surface area contributed by atoms with Gasteiger partial charge in [0.15, 0.2) is 0 Å². The van der Waals surface area contributed by atoms with Crippen LogP contribution in [0.25, 0.3) is 0 Å². The molecule has 5 heteroatoms. The smallest absolute Gasteiger partial charge is 0.316 e. The van der Waals surface area contributed by atoms with Crippen LogP contribution in [0.1, 0.15) is 18.4 Å². The number of benzene rings is 1. The van der Waals surface area contributed by atoms with Crippen LogP contribution in [0, 0.1) is 0 Å². The molecular weight excluding hydrogens is 266 g/mol. The summed E-state index contributed by atoms with van der Waals surface area (Å²) >= 11 is 0. The summed E-state index contributed by atoms with van der Waals surface area (Å²) in [5.74, 6) is -0.961. The van der Waals surface area contributed by atoms with Crippen molar-refractivity contribution in [1.29, 1.82) is 0 Å². The summed E-state index contributed by atoms with van der Waals surface area (Å²) in [4.78, 5) is 27.9. The molecule has 0 aromatic heterocycles. The summed E-state index contributed by atoms with van der Waals surface area (Å²) in [6, 6.07) is 7.79. The molecule has 0 bridgehead atoms. The van der Waals surface area contributed by atoms with Gasteiger partial charge >= 0.3 is 11.8 Å². The highest BCUT2D eigenvalue weighted by molar-refractivity contribution is 6.40. The number of nitrogens with zero attached hydrogens (tertiary/aromatic N) is 2. The van der Waals surface area contributed by atoms with Crippen LogP contribution in [0.5, 0.6) is 0 Å². The second-order valence-electron chi connectivity index (χ2n) is 5.60. The van der Waals surface area contributed by atoms with E-state index in [1.54, 1.807) is 4.90 Å². The Morgan fingerprint density at radius 1 is 1.29 bits per heavy atom. The Balaban J connectivity index is 1.93. The highest BCUT2D eigenvalue weighted by Gasteiger charge is 2.26. The number of hydrogen-bond acceptors (Lipinski definition) is 3. The zero-order valence-corrected chi connectivity index (χ0v) is 12.8. The highest BCUT2D eigenvalue weighted by Crippen LogP contribution is 2.26. The number of rotatable bonds is 4. The predicted octanol–water partition coefficient (Wildman–Crippen LogP) is 1.03. The maximum absolute atomic E-state index is 12.3. The van der Waals surface area contributed by atoms with Crippen LogP contribution in [0.15, 0.2) is 24.3 Å². The molecule has 1 aliphatic rings. The first-order valence-electron chi connectivity index (χ1n) is 7.42. The Hall–Kier alpha value is -1.88. The largest absolute Gasteiger partial charge is 0.348 e. The molecule has 0 aliphatic carbocycles. The van der Waals surface area contributed by atoms with E-state index in [9.17, 15) is 9.59 Å². The van der Waals surface area contributed by atoms with E-state index < -0.39 is 11.8 Å².